The van der Waals surface area contributed by atoms with Crippen LogP contribution in [0.1, 0.15) is 39.9 Å². The van der Waals surface area contributed by atoms with Crippen LogP contribution in [0.3, 0.4) is 0 Å². The maximum absolute atomic E-state index is 12.5. The predicted molar refractivity (Wildman–Crippen MR) is 95.4 cm³/mol. The zero-order valence-electron chi connectivity index (χ0n) is 14.8. The van der Waals surface area contributed by atoms with Crippen molar-refractivity contribution in [2.24, 2.45) is 7.05 Å². The van der Waals surface area contributed by atoms with E-state index in [1.807, 2.05) is 25.7 Å². The van der Waals surface area contributed by atoms with E-state index in [0.29, 0.717) is 13.0 Å². The summed E-state index contributed by atoms with van der Waals surface area (Å²) < 4.78 is 7.77. The van der Waals surface area contributed by atoms with Crippen LogP contribution in [0.2, 0.25) is 0 Å². The van der Waals surface area contributed by atoms with Gasteiger partial charge < -0.3 is 9.64 Å². The van der Waals surface area contributed by atoms with Crippen LogP contribution >= 0.6 is 11.3 Å². The zero-order chi connectivity index (χ0) is 17.3. The van der Waals surface area contributed by atoms with Gasteiger partial charge in [0.2, 0.25) is 5.91 Å². The number of ether oxygens (including phenoxy) is 1. The number of thiophene rings is 1. The lowest BCUT2D eigenvalue weighted by Gasteiger charge is -2.28. The van der Waals surface area contributed by atoms with Crippen LogP contribution in [0, 0.1) is 13.8 Å². The Hall–Kier alpha value is -1.66. The van der Waals surface area contributed by atoms with Crippen molar-refractivity contribution >= 4 is 17.2 Å². The van der Waals surface area contributed by atoms with Crippen LogP contribution < -0.4 is 0 Å². The van der Waals surface area contributed by atoms with E-state index in [1.165, 1.54) is 16.0 Å². The molecule has 1 aliphatic heterocycles. The number of carbonyl (C=O) groups is 1. The number of hydrogen-bond donors (Lipinski definition) is 0. The molecule has 0 aromatic carbocycles. The minimum atomic E-state index is 0.0100. The molecule has 0 spiro atoms. The summed E-state index contributed by atoms with van der Waals surface area (Å²) >= 11 is 1.78. The van der Waals surface area contributed by atoms with Crippen molar-refractivity contribution in [2.45, 2.75) is 39.2 Å². The molecule has 0 saturated carbocycles. The number of rotatable bonds is 5. The second-order valence-electron chi connectivity index (χ2n) is 6.46. The first-order valence-corrected chi connectivity index (χ1v) is 9.26. The molecule has 130 valence electrons. The largest absolute Gasteiger partial charge is 0.371 e. The fraction of sp³-hybridized carbons (Fsp3) is 0.556. The van der Waals surface area contributed by atoms with E-state index in [9.17, 15) is 4.79 Å². The van der Waals surface area contributed by atoms with Crippen molar-refractivity contribution in [1.29, 1.82) is 0 Å². The van der Waals surface area contributed by atoms with Crippen molar-refractivity contribution in [3.63, 3.8) is 0 Å². The summed E-state index contributed by atoms with van der Waals surface area (Å²) in [6, 6.07) is 2.13. The summed E-state index contributed by atoms with van der Waals surface area (Å²) in [4.78, 5) is 15.7. The van der Waals surface area contributed by atoms with Crippen LogP contribution in [0.15, 0.2) is 11.4 Å². The van der Waals surface area contributed by atoms with Crippen molar-refractivity contribution in [2.75, 3.05) is 20.2 Å². The topological polar surface area (TPSA) is 47.4 Å². The summed E-state index contributed by atoms with van der Waals surface area (Å²) in [5.74, 6) is 0.156. The van der Waals surface area contributed by atoms with Gasteiger partial charge >= 0.3 is 0 Å². The van der Waals surface area contributed by atoms with Crippen LogP contribution in [-0.2, 0) is 29.4 Å². The summed E-state index contributed by atoms with van der Waals surface area (Å²) in [5, 5.41) is 6.53. The number of fused-ring (bicyclic) bond motifs is 1. The number of aryl methyl sites for hydroxylation is 2. The minimum absolute atomic E-state index is 0.0100. The maximum atomic E-state index is 12.5. The lowest BCUT2D eigenvalue weighted by molar-refractivity contribution is -0.131. The number of hydrogen-bond acceptors (Lipinski definition) is 4. The average Bonchev–Trinajstić information content (AvgIpc) is 3.12. The smallest absolute Gasteiger partial charge is 0.222 e. The monoisotopic (exact) mass is 347 g/mol. The Balaban J connectivity index is 1.58. The van der Waals surface area contributed by atoms with E-state index in [1.54, 1.807) is 16.2 Å². The number of carbonyl (C=O) groups excluding carboxylic acids is 1. The fourth-order valence-electron chi connectivity index (χ4n) is 3.33. The second kappa shape index (κ2) is 7.07. The third kappa shape index (κ3) is 3.39. The third-order valence-electron chi connectivity index (χ3n) is 4.89. The van der Waals surface area contributed by atoms with E-state index in [2.05, 4.69) is 23.5 Å². The van der Waals surface area contributed by atoms with Gasteiger partial charge in [0.15, 0.2) is 0 Å². The maximum Gasteiger partial charge on any atom is 0.222 e. The average molecular weight is 347 g/mol. The van der Waals surface area contributed by atoms with Crippen molar-refractivity contribution in [3.8, 4) is 0 Å². The highest BCUT2D eigenvalue weighted by molar-refractivity contribution is 7.10. The van der Waals surface area contributed by atoms with Crippen LogP contribution in [0.25, 0.3) is 0 Å². The molecule has 5 nitrogen and oxygen atoms in total. The van der Waals surface area contributed by atoms with Gasteiger partial charge in [-0.25, -0.2) is 0 Å². The molecule has 0 radical (unpaired) electrons. The normalized spacial score (nSPS) is 16.9. The molecule has 3 heterocycles. The van der Waals surface area contributed by atoms with Crippen LogP contribution in [-0.4, -0.2) is 40.8 Å². The van der Waals surface area contributed by atoms with Gasteiger partial charge in [-0.15, -0.1) is 11.3 Å². The molecule has 1 amide bonds. The van der Waals surface area contributed by atoms with Crippen molar-refractivity contribution < 1.29 is 9.53 Å². The molecule has 6 heteroatoms. The lowest BCUT2D eigenvalue weighted by Crippen LogP contribution is -2.33. The van der Waals surface area contributed by atoms with Gasteiger partial charge in [0.05, 0.1) is 18.8 Å². The Kier molecular flexibility index (Phi) is 5.06. The van der Waals surface area contributed by atoms with Gasteiger partial charge in [0, 0.05) is 37.5 Å². The Bertz CT molecular complexity index is 735. The highest BCUT2D eigenvalue weighted by Crippen LogP contribution is 2.31. The summed E-state index contributed by atoms with van der Waals surface area (Å²) in [7, 11) is 3.81. The Morgan fingerprint density at radius 3 is 3.00 bits per heavy atom. The fourth-order valence-corrected chi connectivity index (χ4v) is 4.24. The van der Waals surface area contributed by atoms with Gasteiger partial charge in [-0.2, -0.15) is 5.10 Å². The van der Waals surface area contributed by atoms with E-state index < -0.39 is 0 Å². The SMILES string of the molecule is Cc1nn(C)c(C)c1CCC(=O)N(C)CC1OCCc2sccc21. The molecule has 0 saturated heterocycles. The van der Waals surface area contributed by atoms with Gasteiger partial charge in [-0.05, 0) is 42.8 Å². The molecule has 2 aromatic heterocycles. The second-order valence-corrected chi connectivity index (χ2v) is 7.46. The molecular formula is C18H25N3O2S. The molecule has 1 atom stereocenters. The first kappa shape index (κ1) is 17.2. The van der Waals surface area contributed by atoms with E-state index in [-0.39, 0.29) is 12.0 Å². The van der Waals surface area contributed by atoms with Gasteiger partial charge in [0.25, 0.3) is 0 Å². The third-order valence-corrected chi connectivity index (χ3v) is 5.88. The van der Waals surface area contributed by atoms with Crippen LogP contribution in [0.4, 0.5) is 0 Å². The van der Waals surface area contributed by atoms with E-state index in [0.717, 1.165) is 30.8 Å². The molecular weight excluding hydrogens is 322 g/mol. The molecule has 24 heavy (non-hydrogen) atoms. The summed E-state index contributed by atoms with van der Waals surface area (Å²) in [5.41, 5.74) is 4.60. The Labute approximate surface area is 147 Å². The minimum Gasteiger partial charge on any atom is -0.371 e. The summed E-state index contributed by atoms with van der Waals surface area (Å²) in [6.07, 6.45) is 2.24. The quantitative estimate of drug-likeness (QED) is 0.836. The molecule has 0 N–H and O–H groups in total. The molecule has 0 fully saturated rings. The zero-order valence-corrected chi connectivity index (χ0v) is 15.7. The molecule has 1 aliphatic rings. The highest BCUT2D eigenvalue weighted by Gasteiger charge is 2.24. The molecule has 3 rings (SSSR count). The number of nitrogens with zero attached hydrogens (tertiary/aromatic N) is 3. The molecule has 2 aromatic rings. The molecule has 0 aliphatic carbocycles. The van der Waals surface area contributed by atoms with E-state index in [4.69, 9.17) is 4.74 Å². The predicted octanol–water partition coefficient (Wildman–Crippen LogP) is 2.80. The Morgan fingerprint density at radius 2 is 2.29 bits per heavy atom. The summed E-state index contributed by atoms with van der Waals surface area (Å²) in [6.45, 7) is 5.42. The molecule has 0 bridgehead atoms. The van der Waals surface area contributed by atoms with Gasteiger partial charge in [-0.1, -0.05) is 0 Å². The van der Waals surface area contributed by atoms with Gasteiger partial charge in [-0.3, -0.25) is 9.48 Å². The molecule has 1 unspecified atom stereocenters. The van der Waals surface area contributed by atoms with Crippen molar-refractivity contribution in [1.82, 2.24) is 14.7 Å². The Morgan fingerprint density at radius 1 is 1.50 bits per heavy atom. The number of likely N-dealkylation sites (N-methyl/N-ethyl adjacent to an activating group) is 1. The van der Waals surface area contributed by atoms with Gasteiger partial charge in [0.1, 0.15) is 6.10 Å². The number of aromatic nitrogens is 2. The lowest BCUT2D eigenvalue weighted by atomic mass is 10.1. The van der Waals surface area contributed by atoms with E-state index >= 15 is 0 Å². The van der Waals surface area contributed by atoms with Crippen LogP contribution in [0.5, 0.6) is 0 Å². The highest BCUT2D eigenvalue weighted by atomic mass is 32.1. The van der Waals surface area contributed by atoms with Crippen molar-refractivity contribution in [3.05, 3.63) is 38.8 Å². The first-order valence-electron chi connectivity index (χ1n) is 8.38. The first-order chi connectivity index (χ1) is 11.5. The number of amides is 1. The standard InChI is InChI=1S/C18H25N3O2S/c1-12-14(13(2)21(4)19-12)5-6-18(22)20(3)11-16-15-8-10-24-17(15)7-9-23-16/h8,10,16H,5-7,9,11H2,1-4H3.